The molecule has 0 amide bonds. The van der Waals surface area contributed by atoms with Crippen LogP contribution in [0, 0.1) is 0 Å². The van der Waals surface area contributed by atoms with Crippen LogP contribution in [0.25, 0.3) is 0 Å². The third-order valence-corrected chi connectivity index (χ3v) is 12.3. The number of esters is 3. The lowest BCUT2D eigenvalue weighted by Gasteiger charge is -2.18. The summed E-state index contributed by atoms with van der Waals surface area (Å²) < 4.78 is 16.8. The molecular weight excluding hydrogens is 817 g/mol. The Balaban J connectivity index is 4.39. The third kappa shape index (κ3) is 52.1. The van der Waals surface area contributed by atoms with E-state index < -0.39 is 6.10 Å². The molecule has 66 heavy (non-hydrogen) atoms. The lowest BCUT2D eigenvalue weighted by Crippen LogP contribution is -2.30. The summed E-state index contributed by atoms with van der Waals surface area (Å²) in [5.41, 5.74) is 0. The Morgan fingerprint density at radius 3 is 0.970 bits per heavy atom. The molecular formula is C60H106O6. The molecule has 0 spiro atoms. The molecule has 0 aromatic carbocycles. The SMILES string of the molecule is CC\C=C/C=C\C=C/CCCCCCCCCC(=O)OC(COC(=O)CCCCCCC/C=C\CCCCCCCCCCC)COC(=O)CCCCCCCCC/C=C\CCCCCC. The lowest BCUT2D eigenvalue weighted by atomic mass is 10.1. The number of allylic oxidation sites excluding steroid dienone is 10. The number of carbonyl (C=O) groups excluding carboxylic acids is 3. The van der Waals surface area contributed by atoms with Crippen LogP contribution in [-0.4, -0.2) is 37.2 Å². The Hall–Kier alpha value is -2.89. The Morgan fingerprint density at radius 2 is 0.606 bits per heavy atom. The minimum Gasteiger partial charge on any atom is -0.462 e. The zero-order valence-electron chi connectivity index (χ0n) is 43.7. The van der Waals surface area contributed by atoms with Crippen LogP contribution in [-0.2, 0) is 28.6 Å². The Bertz CT molecular complexity index is 1200. The first kappa shape index (κ1) is 63.1. The van der Waals surface area contributed by atoms with Gasteiger partial charge in [0.25, 0.3) is 0 Å². The normalized spacial score (nSPS) is 12.5. The summed E-state index contributed by atoms with van der Waals surface area (Å²) in [6, 6.07) is 0. The van der Waals surface area contributed by atoms with Gasteiger partial charge in [-0.25, -0.2) is 0 Å². The largest absolute Gasteiger partial charge is 0.462 e. The van der Waals surface area contributed by atoms with Crippen molar-refractivity contribution in [1.82, 2.24) is 0 Å². The van der Waals surface area contributed by atoms with E-state index in [0.717, 1.165) is 77.0 Å². The van der Waals surface area contributed by atoms with Gasteiger partial charge in [-0.3, -0.25) is 14.4 Å². The third-order valence-electron chi connectivity index (χ3n) is 12.3. The zero-order chi connectivity index (χ0) is 47.9. The molecule has 0 aliphatic rings. The maximum Gasteiger partial charge on any atom is 0.306 e. The molecule has 0 N–H and O–H groups in total. The standard InChI is InChI=1S/C60H106O6/c1-4-7-10-13-16-19-22-25-28-29-30-33-35-38-41-44-47-50-53-59(62)65-56-57(66-60(63)54-51-48-45-42-39-36-32-27-24-21-18-15-12-9-6-3)55-64-58(61)52-49-46-43-40-37-34-31-26-23-20-17-14-11-8-5-2/h9,12,15,18,20-21,23-24,30,33,57H,4-8,10-11,13-14,16-17,19,22,25-29,31-32,34-56H2,1-3H3/b12-9-,18-15-,23-20-,24-21-,33-30-. The number of ether oxygens (including phenoxy) is 3. The fourth-order valence-electron chi connectivity index (χ4n) is 8.02. The second-order valence-corrected chi connectivity index (χ2v) is 18.9. The molecule has 0 aromatic rings. The highest BCUT2D eigenvalue weighted by Crippen LogP contribution is 2.15. The summed E-state index contributed by atoms with van der Waals surface area (Å²) in [4.78, 5) is 38.1. The summed E-state index contributed by atoms with van der Waals surface area (Å²) in [6.45, 7) is 6.50. The van der Waals surface area contributed by atoms with Crippen LogP contribution in [0.2, 0.25) is 0 Å². The van der Waals surface area contributed by atoms with Gasteiger partial charge >= 0.3 is 17.9 Å². The highest BCUT2D eigenvalue weighted by Gasteiger charge is 2.19. The molecule has 0 aliphatic heterocycles. The highest BCUT2D eigenvalue weighted by molar-refractivity contribution is 5.71. The molecule has 0 fully saturated rings. The van der Waals surface area contributed by atoms with E-state index in [1.807, 2.05) is 0 Å². The van der Waals surface area contributed by atoms with E-state index in [-0.39, 0.29) is 31.1 Å². The molecule has 0 rings (SSSR count). The Kier molecular flexibility index (Phi) is 52.3. The summed E-state index contributed by atoms with van der Waals surface area (Å²) in [5.74, 6) is -0.899. The van der Waals surface area contributed by atoms with Crippen molar-refractivity contribution in [2.75, 3.05) is 13.2 Å². The van der Waals surface area contributed by atoms with Gasteiger partial charge in [-0.15, -0.1) is 0 Å². The van der Waals surface area contributed by atoms with Crippen molar-refractivity contribution in [1.29, 1.82) is 0 Å². The molecule has 0 aromatic heterocycles. The molecule has 6 nitrogen and oxygen atoms in total. The van der Waals surface area contributed by atoms with E-state index in [4.69, 9.17) is 14.2 Å². The molecule has 0 bridgehead atoms. The van der Waals surface area contributed by atoms with Crippen LogP contribution in [0.5, 0.6) is 0 Å². The highest BCUT2D eigenvalue weighted by atomic mass is 16.6. The quantitative estimate of drug-likeness (QED) is 0.0199. The molecule has 382 valence electrons. The number of carbonyl (C=O) groups is 3. The molecule has 1 atom stereocenters. The van der Waals surface area contributed by atoms with E-state index >= 15 is 0 Å². The second-order valence-electron chi connectivity index (χ2n) is 18.9. The average Bonchev–Trinajstić information content (AvgIpc) is 3.31. The van der Waals surface area contributed by atoms with Gasteiger partial charge in [0, 0.05) is 19.3 Å². The minimum absolute atomic E-state index is 0.0833. The molecule has 0 radical (unpaired) electrons. The molecule has 0 heterocycles. The summed E-state index contributed by atoms with van der Waals surface area (Å²) >= 11 is 0. The van der Waals surface area contributed by atoms with Gasteiger partial charge in [-0.2, -0.15) is 0 Å². The van der Waals surface area contributed by atoms with E-state index in [0.29, 0.717) is 19.3 Å². The predicted octanol–water partition coefficient (Wildman–Crippen LogP) is 18.8. The maximum absolute atomic E-state index is 12.8. The Morgan fingerprint density at radius 1 is 0.318 bits per heavy atom. The minimum atomic E-state index is -0.785. The van der Waals surface area contributed by atoms with Crippen molar-refractivity contribution < 1.29 is 28.6 Å². The van der Waals surface area contributed by atoms with Crippen molar-refractivity contribution in [3.8, 4) is 0 Å². The number of hydrogen-bond donors (Lipinski definition) is 0. The summed E-state index contributed by atoms with van der Waals surface area (Å²) in [7, 11) is 0. The predicted molar refractivity (Wildman–Crippen MR) is 284 cm³/mol. The van der Waals surface area contributed by atoms with Crippen molar-refractivity contribution in [3.05, 3.63) is 60.8 Å². The van der Waals surface area contributed by atoms with Crippen LogP contribution < -0.4 is 0 Å². The van der Waals surface area contributed by atoms with Crippen molar-refractivity contribution >= 4 is 17.9 Å². The zero-order valence-corrected chi connectivity index (χ0v) is 43.7. The Labute approximate surface area is 409 Å². The van der Waals surface area contributed by atoms with Gasteiger partial charge in [-0.1, -0.05) is 236 Å². The van der Waals surface area contributed by atoms with E-state index in [1.165, 1.54) is 167 Å². The van der Waals surface area contributed by atoms with Crippen LogP contribution in [0.3, 0.4) is 0 Å². The fraction of sp³-hybridized carbons (Fsp3) is 0.783. The maximum atomic E-state index is 12.8. The number of rotatable bonds is 51. The summed E-state index contributed by atoms with van der Waals surface area (Å²) in [6.07, 6.45) is 67.8. The first-order valence-corrected chi connectivity index (χ1v) is 28.3. The molecule has 0 aliphatic carbocycles. The van der Waals surface area contributed by atoms with Gasteiger partial charge in [0.05, 0.1) is 0 Å². The molecule has 1 unspecified atom stereocenters. The van der Waals surface area contributed by atoms with Crippen molar-refractivity contribution in [2.45, 2.75) is 290 Å². The van der Waals surface area contributed by atoms with Crippen LogP contribution >= 0.6 is 0 Å². The molecule has 0 saturated carbocycles. The number of unbranched alkanes of at least 4 members (excludes halogenated alkanes) is 32. The molecule has 0 saturated heterocycles. The smallest absolute Gasteiger partial charge is 0.306 e. The summed E-state index contributed by atoms with van der Waals surface area (Å²) in [5, 5.41) is 0. The first-order chi connectivity index (χ1) is 32.5. The molecule has 6 heteroatoms. The monoisotopic (exact) mass is 923 g/mol. The average molecular weight is 924 g/mol. The van der Waals surface area contributed by atoms with Gasteiger partial charge in [0.15, 0.2) is 6.10 Å². The van der Waals surface area contributed by atoms with Gasteiger partial charge in [-0.05, 0) is 89.9 Å². The second kappa shape index (κ2) is 54.7. The fourth-order valence-corrected chi connectivity index (χ4v) is 8.02. The van der Waals surface area contributed by atoms with Gasteiger partial charge < -0.3 is 14.2 Å². The van der Waals surface area contributed by atoms with Crippen LogP contribution in [0.15, 0.2) is 60.8 Å². The van der Waals surface area contributed by atoms with Gasteiger partial charge in [0.2, 0.25) is 0 Å². The topological polar surface area (TPSA) is 78.9 Å². The van der Waals surface area contributed by atoms with Crippen LogP contribution in [0.1, 0.15) is 284 Å². The van der Waals surface area contributed by atoms with E-state index in [9.17, 15) is 14.4 Å². The number of hydrogen-bond acceptors (Lipinski definition) is 6. The van der Waals surface area contributed by atoms with Crippen LogP contribution in [0.4, 0.5) is 0 Å². The van der Waals surface area contributed by atoms with Gasteiger partial charge in [0.1, 0.15) is 13.2 Å². The van der Waals surface area contributed by atoms with E-state index in [2.05, 4.69) is 81.5 Å². The first-order valence-electron chi connectivity index (χ1n) is 28.3. The van der Waals surface area contributed by atoms with Crippen molar-refractivity contribution in [3.63, 3.8) is 0 Å². The lowest BCUT2D eigenvalue weighted by molar-refractivity contribution is -0.167. The van der Waals surface area contributed by atoms with E-state index in [1.54, 1.807) is 0 Å². The van der Waals surface area contributed by atoms with Crippen molar-refractivity contribution in [2.24, 2.45) is 0 Å².